The Labute approximate surface area is 74.9 Å². The first-order valence-corrected chi connectivity index (χ1v) is 3.20. The van der Waals surface area contributed by atoms with Crippen LogP contribution in [0.5, 0.6) is 0 Å². The fourth-order valence-electron chi connectivity index (χ4n) is 0.298. The second kappa shape index (κ2) is 12.8. The van der Waals surface area contributed by atoms with E-state index in [0.29, 0.717) is 0 Å². The van der Waals surface area contributed by atoms with Crippen molar-refractivity contribution in [3.63, 3.8) is 0 Å². The predicted molar refractivity (Wildman–Crippen MR) is 46.3 cm³/mol. The maximum Gasteiger partial charge on any atom is 0.503 e. The maximum atomic E-state index is 9.53. The number of carbonyl (C=O) groups is 1. The lowest BCUT2D eigenvalue weighted by molar-refractivity contribution is 0.137. The molecular formula is C8H10O5. The zero-order chi connectivity index (χ0) is 10.5. The predicted octanol–water partition coefficient (Wildman–Crippen LogP) is 0.701. The molecule has 0 radical (unpaired) electrons. The van der Waals surface area contributed by atoms with Gasteiger partial charge in [-0.25, -0.2) is 9.59 Å². The number of hydrogen-bond donors (Lipinski definition) is 3. The fraction of sp³-hybridized carbons (Fsp3) is 0.125. The topological polar surface area (TPSA) is 94.8 Å². The highest BCUT2D eigenvalue weighted by atomic mass is 16.6. The van der Waals surface area contributed by atoms with Gasteiger partial charge in [-0.05, 0) is 0 Å². The Morgan fingerprint density at radius 2 is 1.77 bits per heavy atom. The molecule has 0 atom stereocenters. The van der Waals surface area contributed by atoms with Gasteiger partial charge in [0, 0.05) is 6.08 Å². The lowest BCUT2D eigenvalue weighted by Gasteiger charge is -1.71. The molecule has 72 valence electrons. The van der Waals surface area contributed by atoms with Crippen LogP contribution >= 0.6 is 0 Å². The molecule has 0 amide bonds. The Morgan fingerprint density at radius 1 is 1.23 bits per heavy atom. The summed E-state index contributed by atoms with van der Waals surface area (Å²) >= 11 is 0. The van der Waals surface area contributed by atoms with Crippen LogP contribution in [0.15, 0.2) is 30.4 Å². The minimum Gasteiger partial charge on any atom is -0.450 e. The molecule has 3 N–H and O–H groups in total. The van der Waals surface area contributed by atoms with E-state index in [1.54, 1.807) is 30.2 Å². The molecule has 0 aromatic rings. The summed E-state index contributed by atoms with van der Waals surface area (Å²) in [5.74, 6) is 1.59. The molecule has 0 aliphatic rings. The molecule has 0 saturated heterocycles. The third kappa shape index (κ3) is 39.1. The van der Waals surface area contributed by atoms with Gasteiger partial charge in [-0.3, -0.25) is 0 Å². The minimum absolute atomic E-state index is 0.0230. The zero-order valence-electron chi connectivity index (χ0n) is 6.75. The monoisotopic (exact) mass is 186 g/mol. The van der Waals surface area contributed by atoms with E-state index in [2.05, 4.69) is 0 Å². The highest BCUT2D eigenvalue weighted by Crippen LogP contribution is 1.74. The SMILES string of the molecule is O=C(O)O.O=C=C/C=C/C=C/CO. The summed E-state index contributed by atoms with van der Waals surface area (Å²) in [4.78, 5) is 18.1. The van der Waals surface area contributed by atoms with Crippen LogP contribution in [-0.2, 0) is 4.79 Å². The first kappa shape index (κ1) is 13.7. The van der Waals surface area contributed by atoms with Crippen molar-refractivity contribution < 1.29 is 24.9 Å². The van der Waals surface area contributed by atoms with E-state index < -0.39 is 6.16 Å². The molecule has 0 aliphatic heterocycles. The van der Waals surface area contributed by atoms with Crippen LogP contribution in [0.3, 0.4) is 0 Å². The molecular weight excluding hydrogens is 176 g/mol. The van der Waals surface area contributed by atoms with Crippen LogP contribution in [0.1, 0.15) is 0 Å². The standard InChI is InChI=1S/C7H8O2.CH2O3/c8-6-4-2-1-3-5-7-9;2-1(3)4/h1-5,8H,6H2;(H2,2,3,4)/b3-1+,4-2+;. The van der Waals surface area contributed by atoms with Crippen molar-refractivity contribution >= 4 is 12.1 Å². The highest BCUT2D eigenvalue weighted by molar-refractivity contribution is 5.53. The average molecular weight is 186 g/mol. The van der Waals surface area contributed by atoms with Crippen molar-refractivity contribution in [3.05, 3.63) is 30.4 Å². The minimum atomic E-state index is -1.83. The van der Waals surface area contributed by atoms with E-state index in [4.69, 9.17) is 20.1 Å². The highest BCUT2D eigenvalue weighted by Gasteiger charge is 1.70. The van der Waals surface area contributed by atoms with Gasteiger partial charge in [0.2, 0.25) is 0 Å². The number of aliphatic hydroxyl groups is 1. The van der Waals surface area contributed by atoms with Gasteiger partial charge in [0.25, 0.3) is 0 Å². The summed E-state index contributed by atoms with van der Waals surface area (Å²) in [5.41, 5.74) is 0. The number of allylic oxidation sites excluding steroid dienone is 4. The van der Waals surface area contributed by atoms with Crippen molar-refractivity contribution in [2.75, 3.05) is 6.61 Å². The van der Waals surface area contributed by atoms with Gasteiger partial charge < -0.3 is 15.3 Å². The third-order valence-electron chi connectivity index (χ3n) is 0.628. The zero-order valence-corrected chi connectivity index (χ0v) is 6.75. The largest absolute Gasteiger partial charge is 0.503 e. The Balaban J connectivity index is 0. The Morgan fingerprint density at radius 3 is 2.15 bits per heavy atom. The van der Waals surface area contributed by atoms with Gasteiger partial charge in [0.15, 0.2) is 0 Å². The number of carboxylic acid groups (broad SMARTS) is 2. The van der Waals surface area contributed by atoms with Crippen LogP contribution in [0.25, 0.3) is 0 Å². The summed E-state index contributed by atoms with van der Waals surface area (Å²) < 4.78 is 0. The molecule has 13 heavy (non-hydrogen) atoms. The van der Waals surface area contributed by atoms with Crippen LogP contribution < -0.4 is 0 Å². The molecule has 0 rings (SSSR count). The molecule has 0 aliphatic carbocycles. The van der Waals surface area contributed by atoms with Crippen molar-refractivity contribution in [1.29, 1.82) is 0 Å². The van der Waals surface area contributed by atoms with Gasteiger partial charge in [-0.1, -0.05) is 24.3 Å². The molecule has 0 aromatic heterocycles. The number of hydrogen-bond acceptors (Lipinski definition) is 3. The normalized spacial score (nSPS) is 9.00. The summed E-state index contributed by atoms with van der Waals surface area (Å²) in [6, 6.07) is 0. The Kier molecular flexibility index (Phi) is 13.5. The molecule has 0 aromatic carbocycles. The lowest BCUT2D eigenvalue weighted by Crippen LogP contribution is -1.81. The molecule has 0 heterocycles. The molecule has 5 nitrogen and oxygen atoms in total. The molecule has 0 spiro atoms. The van der Waals surface area contributed by atoms with Crippen molar-refractivity contribution in [2.45, 2.75) is 0 Å². The Hall–Kier alpha value is -1.84. The second-order valence-electron chi connectivity index (χ2n) is 1.56. The smallest absolute Gasteiger partial charge is 0.450 e. The first-order valence-electron chi connectivity index (χ1n) is 3.20. The molecule has 0 saturated carbocycles. The van der Waals surface area contributed by atoms with E-state index in [-0.39, 0.29) is 6.61 Å². The molecule has 0 unspecified atom stereocenters. The van der Waals surface area contributed by atoms with E-state index >= 15 is 0 Å². The van der Waals surface area contributed by atoms with Crippen LogP contribution in [0, 0.1) is 0 Å². The lowest BCUT2D eigenvalue weighted by atomic mass is 10.4. The van der Waals surface area contributed by atoms with E-state index in [1.165, 1.54) is 6.08 Å². The number of aliphatic hydroxyl groups excluding tert-OH is 1. The molecule has 0 fully saturated rings. The van der Waals surface area contributed by atoms with Crippen molar-refractivity contribution in [2.24, 2.45) is 0 Å². The van der Waals surface area contributed by atoms with Crippen LogP contribution in [0.4, 0.5) is 4.79 Å². The Bertz CT molecular complexity index is 219. The van der Waals surface area contributed by atoms with Crippen LogP contribution in [-0.4, -0.2) is 34.0 Å². The third-order valence-corrected chi connectivity index (χ3v) is 0.628. The number of rotatable bonds is 3. The maximum absolute atomic E-state index is 9.53. The average Bonchev–Trinajstić information content (AvgIpc) is 2.03. The number of carbonyl (C=O) groups excluding carboxylic acids is 1. The molecule has 0 bridgehead atoms. The van der Waals surface area contributed by atoms with Crippen molar-refractivity contribution in [1.82, 2.24) is 0 Å². The van der Waals surface area contributed by atoms with E-state index in [9.17, 15) is 4.79 Å². The summed E-state index contributed by atoms with van der Waals surface area (Å²) in [6.45, 7) is 0.0230. The summed E-state index contributed by atoms with van der Waals surface area (Å²) in [6.07, 6.45) is 5.81. The van der Waals surface area contributed by atoms with Gasteiger partial charge in [-0.15, -0.1) is 0 Å². The van der Waals surface area contributed by atoms with Gasteiger partial charge in [-0.2, -0.15) is 0 Å². The summed E-state index contributed by atoms with van der Waals surface area (Å²) in [5, 5.41) is 22.2. The first-order chi connectivity index (χ1) is 6.15. The van der Waals surface area contributed by atoms with Gasteiger partial charge in [0.05, 0.1) is 6.61 Å². The summed E-state index contributed by atoms with van der Waals surface area (Å²) in [7, 11) is 0. The van der Waals surface area contributed by atoms with Crippen molar-refractivity contribution in [3.8, 4) is 0 Å². The quantitative estimate of drug-likeness (QED) is 0.445. The van der Waals surface area contributed by atoms with Gasteiger partial charge in [0.1, 0.15) is 5.94 Å². The van der Waals surface area contributed by atoms with Crippen LogP contribution in [0.2, 0.25) is 0 Å². The second-order valence-corrected chi connectivity index (χ2v) is 1.56. The fourth-order valence-corrected chi connectivity index (χ4v) is 0.298. The van der Waals surface area contributed by atoms with E-state index in [0.717, 1.165) is 0 Å². The van der Waals surface area contributed by atoms with E-state index in [1.807, 2.05) is 0 Å². The molecule has 5 heteroatoms. The van der Waals surface area contributed by atoms with Gasteiger partial charge >= 0.3 is 6.16 Å².